The van der Waals surface area contributed by atoms with E-state index < -0.39 is 0 Å². The van der Waals surface area contributed by atoms with Gasteiger partial charge < -0.3 is 9.80 Å². The van der Waals surface area contributed by atoms with Crippen molar-refractivity contribution in [3.63, 3.8) is 0 Å². The number of nitrogens with zero attached hydrogens (tertiary/aromatic N) is 2. The van der Waals surface area contributed by atoms with Crippen LogP contribution in [-0.2, 0) is 0 Å². The Bertz CT molecular complexity index is 433. The molecule has 23 heavy (non-hydrogen) atoms. The van der Waals surface area contributed by atoms with Gasteiger partial charge in [-0.05, 0) is 63.4 Å². The number of likely N-dealkylation sites (tertiary alicyclic amines) is 1. The van der Waals surface area contributed by atoms with Crippen molar-refractivity contribution in [1.29, 1.82) is 0 Å². The van der Waals surface area contributed by atoms with Gasteiger partial charge >= 0.3 is 0 Å². The van der Waals surface area contributed by atoms with Crippen LogP contribution in [0.1, 0.15) is 58.9 Å². The highest BCUT2D eigenvalue weighted by molar-refractivity contribution is 5.49. The number of anilines is 1. The van der Waals surface area contributed by atoms with Gasteiger partial charge in [-0.2, -0.15) is 0 Å². The van der Waals surface area contributed by atoms with E-state index in [0.29, 0.717) is 0 Å². The maximum Gasteiger partial charge on any atom is 0.146 e. The molecular weight excluding hydrogens is 287 g/mol. The summed E-state index contributed by atoms with van der Waals surface area (Å²) in [6.45, 7) is 14.4. The Kier molecular flexibility index (Phi) is 9.23. The molecule has 0 N–H and O–H groups in total. The van der Waals surface area contributed by atoms with Gasteiger partial charge in [0.25, 0.3) is 0 Å². The Morgan fingerprint density at radius 1 is 0.913 bits per heavy atom. The lowest BCUT2D eigenvalue weighted by atomic mass is 10.0. The highest BCUT2D eigenvalue weighted by Gasteiger charge is 2.27. The van der Waals surface area contributed by atoms with Crippen LogP contribution in [0.4, 0.5) is 10.1 Å². The number of rotatable bonds is 2. The number of piperidine rings is 1. The molecule has 3 heteroatoms. The third-order valence-electron chi connectivity index (χ3n) is 4.57. The molecule has 0 saturated carbocycles. The summed E-state index contributed by atoms with van der Waals surface area (Å²) in [5.41, 5.74) is 1.78. The summed E-state index contributed by atoms with van der Waals surface area (Å²) >= 11 is 0. The van der Waals surface area contributed by atoms with E-state index in [1.165, 1.54) is 38.8 Å². The van der Waals surface area contributed by atoms with E-state index in [1.807, 2.05) is 46.8 Å². The average Bonchev–Trinajstić information content (AvgIpc) is 3.13. The molecule has 2 heterocycles. The first-order valence-corrected chi connectivity index (χ1v) is 9.49. The topological polar surface area (TPSA) is 6.48 Å². The first-order valence-electron chi connectivity index (χ1n) is 9.49. The molecule has 0 unspecified atom stereocenters. The summed E-state index contributed by atoms with van der Waals surface area (Å²) in [5, 5.41) is 0. The van der Waals surface area contributed by atoms with Crippen LogP contribution in [0.2, 0.25) is 0 Å². The molecule has 2 saturated heterocycles. The van der Waals surface area contributed by atoms with Crippen molar-refractivity contribution in [3.8, 4) is 0 Å². The number of hydrogen-bond acceptors (Lipinski definition) is 2. The minimum absolute atomic E-state index is 0.0698. The van der Waals surface area contributed by atoms with Gasteiger partial charge in [0.05, 0.1) is 5.69 Å². The first kappa shape index (κ1) is 20.0. The minimum Gasteiger partial charge on any atom is -0.369 e. The molecule has 0 atom stereocenters. The number of hydrogen-bond donors (Lipinski definition) is 0. The van der Waals surface area contributed by atoms with E-state index in [1.54, 1.807) is 6.07 Å². The van der Waals surface area contributed by atoms with Crippen molar-refractivity contribution in [2.75, 3.05) is 31.1 Å². The largest absolute Gasteiger partial charge is 0.369 e. The fourth-order valence-corrected chi connectivity index (χ4v) is 3.45. The quantitative estimate of drug-likeness (QED) is 0.733. The van der Waals surface area contributed by atoms with E-state index in [4.69, 9.17) is 0 Å². The van der Waals surface area contributed by atoms with Crippen molar-refractivity contribution in [3.05, 3.63) is 29.6 Å². The molecule has 1 aromatic carbocycles. The van der Waals surface area contributed by atoms with Crippen molar-refractivity contribution in [1.82, 2.24) is 4.90 Å². The second-order valence-corrected chi connectivity index (χ2v) is 5.92. The SMILES string of the molecule is CC.CC.Cc1ccc(N2CCC(N3CCCC3)CC2)c(F)c1. The highest BCUT2D eigenvalue weighted by Crippen LogP contribution is 2.27. The summed E-state index contributed by atoms with van der Waals surface area (Å²) in [5.74, 6) is -0.0698. The number of aryl methyl sites for hydroxylation is 1. The van der Waals surface area contributed by atoms with Crippen molar-refractivity contribution < 1.29 is 4.39 Å². The Balaban J connectivity index is 0.000000615. The van der Waals surface area contributed by atoms with Crippen LogP contribution in [0.5, 0.6) is 0 Å². The number of halogens is 1. The summed E-state index contributed by atoms with van der Waals surface area (Å²) in [6, 6.07) is 6.31. The third-order valence-corrected chi connectivity index (χ3v) is 4.57. The Morgan fingerprint density at radius 2 is 1.48 bits per heavy atom. The van der Waals surface area contributed by atoms with E-state index >= 15 is 0 Å². The Hall–Kier alpha value is -1.09. The highest BCUT2D eigenvalue weighted by atomic mass is 19.1. The summed E-state index contributed by atoms with van der Waals surface area (Å²) in [4.78, 5) is 4.84. The average molecular weight is 323 g/mol. The van der Waals surface area contributed by atoms with Crippen LogP contribution in [0.15, 0.2) is 18.2 Å². The Morgan fingerprint density at radius 3 is 2.00 bits per heavy atom. The van der Waals surface area contributed by atoms with E-state index in [-0.39, 0.29) is 5.82 Å². The van der Waals surface area contributed by atoms with Crippen molar-refractivity contribution >= 4 is 5.69 Å². The molecule has 0 bridgehead atoms. The fraction of sp³-hybridized carbons (Fsp3) is 0.700. The molecule has 132 valence electrons. The van der Waals surface area contributed by atoms with Gasteiger partial charge in [0.15, 0.2) is 0 Å². The number of benzene rings is 1. The molecule has 2 aliphatic heterocycles. The van der Waals surface area contributed by atoms with Gasteiger partial charge in [-0.15, -0.1) is 0 Å². The third kappa shape index (κ3) is 5.49. The zero-order valence-electron chi connectivity index (χ0n) is 15.7. The lowest BCUT2D eigenvalue weighted by Gasteiger charge is -2.37. The summed E-state index contributed by atoms with van der Waals surface area (Å²) in [6.07, 6.45) is 5.06. The maximum absolute atomic E-state index is 14.0. The molecule has 2 aliphatic rings. The van der Waals surface area contributed by atoms with Crippen molar-refractivity contribution in [2.45, 2.75) is 66.3 Å². The van der Waals surface area contributed by atoms with Gasteiger partial charge in [0.1, 0.15) is 5.82 Å². The van der Waals surface area contributed by atoms with Gasteiger partial charge in [-0.25, -0.2) is 4.39 Å². The maximum atomic E-state index is 14.0. The normalized spacial score (nSPS) is 18.8. The smallest absolute Gasteiger partial charge is 0.146 e. The molecule has 0 radical (unpaired) electrons. The van der Waals surface area contributed by atoms with E-state index in [9.17, 15) is 4.39 Å². The van der Waals surface area contributed by atoms with Crippen molar-refractivity contribution in [2.24, 2.45) is 0 Å². The lowest BCUT2D eigenvalue weighted by Crippen LogP contribution is -2.44. The second kappa shape index (κ2) is 10.6. The first-order chi connectivity index (χ1) is 11.2. The molecule has 1 aromatic rings. The fourth-order valence-electron chi connectivity index (χ4n) is 3.45. The zero-order chi connectivity index (χ0) is 17.2. The molecule has 0 amide bonds. The second-order valence-electron chi connectivity index (χ2n) is 5.92. The van der Waals surface area contributed by atoms with Gasteiger partial charge in [-0.1, -0.05) is 33.8 Å². The van der Waals surface area contributed by atoms with Gasteiger partial charge in [0, 0.05) is 19.1 Å². The van der Waals surface area contributed by atoms with Crippen LogP contribution in [0.3, 0.4) is 0 Å². The molecule has 2 nitrogen and oxygen atoms in total. The van der Waals surface area contributed by atoms with Gasteiger partial charge in [-0.3, -0.25) is 0 Å². The molecule has 0 aliphatic carbocycles. The lowest BCUT2D eigenvalue weighted by molar-refractivity contribution is 0.207. The standard InChI is InChI=1S/C16H23FN2.2C2H6/c1-13-4-5-16(15(17)12-13)19-10-6-14(7-11-19)18-8-2-3-9-18;2*1-2/h4-5,12,14H,2-3,6-11H2,1H3;2*1-2H3. The monoisotopic (exact) mass is 322 g/mol. The predicted octanol–water partition coefficient (Wildman–Crippen LogP) is 5.25. The molecular formula is C20H35FN2. The van der Waals surface area contributed by atoms with Gasteiger partial charge in [0.2, 0.25) is 0 Å². The summed E-state index contributed by atoms with van der Waals surface area (Å²) in [7, 11) is 0. The van der Waals surface area contributed by atoms with E-state index in [0.717, 1.165) is 30.4 Å². The predicted molar refractivity (Wildman–Crippen MR) is 99.9 cm³/mol. The van der Waals surface area contributed by atoms with Crippen LogP contribution in [0.25, 0.3) is 0 Å². The zero-order valence-corrected chi connectivity index (χ0v) is 15.7. The molecule has 0 aromatic heterocycles. The Labute approximate surface area is 142 Å². The summed E-state index contributed by atoms with van der Waals surface area (Å²) < 4.78 is 14.0. The van der Waals surface area contributed by atoms with Crippen LogP contribution in [-0.4, -0.2) is 37.1 Å². The minimum atomic E-state index is -0.0698. The molecule has 2 fully saturated rings. The van der Waals surface area contributed by atoms with Crippen LogP contribution in [0, 0.1) is 12.7 Å². The van der Waals surface area contributed by atoms with E-state index in [2.05, 4.69) is 9.80 Å². The molecule has 0 spiro atoms. The molecule has 3 rings (SSSR count). The van der Waals surface area contributed by atoms with Crippen LogP contribution < -0.4 is 4.90 Å². The van der Waals surface area contributed by atoms with Crippen LogP contribution >= 0.6 is 0 Å².